The van der Waals surface area contributed by atoms with Crippen molar-refractivity contribution < 1.29 is 22.2 Å². The Bertz CT molecular complexity index is 1010. The monoisotopic (exact) mass is 456 g/mol. The third-order valence-electron chi connectivity index (χ3n) is 4.35. The minimum atomic E-state index is -4.08. The fraction of sp³-hybridized carbons (Fsp3) is 0.263. The molecule has 3 amide bonds. The van der Waals surface area contributed by atoms with Crippen molar-refractivity contribution in [1.82, 2.24) is 10.2 Å². The molecule has 1 saturated heterocycles. The molecular weight excluding hydrogens is 439 g/mol. The van der Waals surface area contributed by atoms with E-state index >= 15 is 0 Å². The van der Waals surface area contributed by atoms with Crippen LogP contribution in [0.4, 0.5) is 4.79 Å². The van der Waals surface area contributed by atoms with Crippen LogP contribution >= 0.6 is 23.2 Å². The summed E-state index contributed by atoms with van der Waals surface area (Å²) in [6.45, 7) is -0.319. The molecule has 0 unspecified atom stereocenters. The van der Waals surface area contributed by atoms with Crippen molar-refractivity contribution in [3.05, 3.63) is 64.1 Å². The number of halogens is 2. The van der Waals surface area contributed by atoms with Crippen molar-refractivity contribution in [2.75, 3.05) is 12.3 Å². The summed E-state index contributed by atoms with van der Waals surface area (Å²) in [5.74, 6) is -1.09. The van der Waals surface area contributed by atoms with Crippen LogP contribution in [0.2, 0.25) is 10.0 Å². The fourth-order valence-electron chi connectivity index (χ4n) is 2.86. The zero-order valence-corrected chi connectivity index (χ0v) is 17.5. The number of rotatable bonds is 8. The number of hydrogen-bond donors (Lipinski definition) is 1. The minimum Gasteiger partial charge on any atom is -0.381 e. The van der Waals surface area contributed by atoms with E-state index in [4.69, 9.17) is 27.4 Å². The van der Waals surface area contributed by atoms with Crippen LogP contribution in [0.3, 0.4) is 0 Å². The van der Waals surface area contributed by atoms with Gasteiger partial charge in [-0.3, -0.25) is 9.69 Å². The lowest BCUT2D eigenvalue weighted by Crippen LogP contribution is -2.36. The predicted octanol–water partition coefficient (Wildman–Crippen LogP) is 3.26. The third-order valence-corrected chi connectivity index (χ3v) is 5.99. The number of hydrogen-bond acceptors (Lipinski definition) is 5. The Morgan fingerprint density at radius 1 is 1.07 bits per heavy atom. The molecular formula is C19H18Cl2N2O5S. The van der Waals surface area contributed by atoms with Crippen LogP contribution < -0.4 is 9.50 Å². The van der Waals surface area contributed by atoms with Crippen molar-refractivity contribution >= 4 is 45.3 Å². The zero-order valence-electron chi connectivity index (χ0n) is 15.2. The fourth-order valence-corrected chi connectivity index (χ4v) is 4.27. The van der Waals surface area contributed by atoms with E-state index in [0.29, 0.717) is 17.9 Å². The number of carbonyl (C=O) groups is 2. The number of nitrogens with one attached hydrogen (secondary N) is 1. The molecule has 1 aliphatic rings. The summed E-state index contributed by atoms with van der Waals surface area (Å²) in [7, 11) is -4.08. The van der Waals surface area contributed by atoms with Gasteiger partial charge in [0, 0.05) is 11.6 Å². The number of amides is 3. The molecule has 3 rings (SSSR count). The topological polar surface area (TPSA) is 92.8 Å². The molecule has 0 aromatic heterocycles. The molecule has 29 heavy (non-hydrogen) atoms. The number of benzene rings is 2. The number of carbonyl (C=O) groups excluding carboxylic acids is 2. The van der Waals surface area contributed by atoms with Crippen LogP contribution in [-0.4, -0.2) is 43.6 Å². The summed E-state index contributed by atoms with van der Waals surface area (Å²) in [5.41, 5.74) is 1.05. The first-order chi connectivity index (χ1) is 13.7. The van der Waals surface area contributed by atoms with E-state index in [0.717, 1.165) is 10.5 Å². The van der Waals surface area contributed by atoms with E-state index in [-0.39, 0.29) is 17.3 Å². The van der Waals surface area contributed by atoms with Gasteiger partial charge in [-0.15, -0.1) is 0 Å². The first kappa shape index (κ1) is 21.4. The van der Waals surface area contributed by atoms with Gasteiger partial charge in [0.2, 0.25) is 0 Å². The van der Waals surface area contributed by atoms with Crippen LogP contribution in [0.25, 0.3) is 0 Å². The Kier molecular flexibility index (Phi) is 6.66. The van der Waals surface area contributed by atoms with Gasteiger partial charge in [-0.05, 0) is 36.6 Å². The molecule has 154 valence electrons. The molecule has 0 aliphatic carbocycles. The molecule has 0 spiro atoms. The maximum Gasteiger partial charge on any atom is 0.324 e. The van der Waals surface area contributed by atoms with Crippen LogP contribution in [0.1, 0.15) is 12.0 Å². The van der Waals surface area contributed by atoms with E-state index in [9.17, 15) is 18.0 Å². The van der Waals surface area contributed by atoms with E-state index in [1.807, 2.05) is 30.3 Å². The molecule has 2 aromatic rings. The van der Waals surface area contributed by atoms with Crippen molar-refractivity contribution in [3.63, 3.8) is 0 Å². The van der Waals surface area contributed by atoms with E-state index in [1.54, 1.807) is 0 Å². The summed E-state index contributed by atoms with van der Waals surface area (Å²) in [5, 5.41) is 2.96. The largest absolute Gasteiger partial charge is 0.381 e. The van der Waals surface area contributed by atoms with Crippen LogP contribution in [-0.2, 0) is 21.3 Å². The summed E-state index contributed by atoms with van der Waals surface area (Å²) in [6, 6.07) is 12.4. The number of urea groups is 1. The molecule has 0 bridgehead atoms. The molecule has 1 N–H and O–H groups in total. The standard InChI is InChI=1S/C19H18Cl2N2O5S/c20-14-7-9-17(15(21)12-14)28-29(26,27)11-10-23-18(24)16(22-19(23)25)8-6-13-4-2-1-3-5-13/h1-5,7,9,12,16H,6,8,10-11H2,(H,22,25)/t16-/m0/s1. The molecule has 0 saturated carbocycles. The quantitative estimate of drug-likeness (QED) is 0.485. The molecule has 1 atom stereocenters. The van der Waals surface area contributed by atoms with Gasteiger partial charge < -0.3 is 9.50 Å². The summed E-state index contributed by atoms with van der Waals surface area (Å²) < 4.78 is 29.4. The molecule has 1 aliphatic heterocycles. The zero-order chi connectivity index (χ0) is 21.0. The van der Waals surface area contributed by atoms with E-state index < -0.39 is 33.9 Å². The van der Waals surface area contributed by atoms with Crippen molar-refractivity contribution in [2.45, 2.75) is 18.9 Å². The van der Waals surface area contributed by atoms with Gasteiger partial charge in [0.15, 0.2) is 5.75 Å². The van der Waals surface area contributed by atoms with Crippen molar-refractivity contribution in [2.24, 2.45) is 0 Å². The lowest BCUT2D eigenvalue weighted by Gasteiger charge is -2.14. The highest BCUT2D eigenvalue weighted by Gasteiger charge is 2.38. The normalized spacial score (nSPS) is 16.8. The summed E-state index contributed by atoms with van der Waals surface area (Å²) in [6.07, 6.45) is 1.04. The Morgan fingerprint density at radius 2 is 1.79 bits per heavy atom. The first-order valence-electron chi connectivity index (χ1n) is 8.78. The first-order valence-corrected chi connectivity index (χ1v) is 11.1. The SMILES string of the molecule is O=C1N[C@@H](CCc2ccccc2)C(=O)N1CCS(=O)(=O)Oc1ccc(Cl)cc1Cl. The Hall–Kier alpha value is -2.29. The van der Waals surface area contributed by atoms with Crippen molar-refractivity contribution in [1.29, 1.82) is 0 Å². The highest BCUT2D eigenvalue weighted by atomic mass is 35.5. The maximum atomic E-state index is 12.5. The van der Waals surface area contributed by atoms with Gasteiger partial charge in [-0.25, -0.2) is 4.79 Å². The summed E-state index contributed by atoms with van der Waals surface area (Å²) in [4.78, 5) is 25.5. The molecule has 0 radical (unpaired) electrons. The second-order valence-electron chi connectivity index (χ2n) is 6.44. The average Bonchev–Trinajstić information content (AvgIpc) is 2.95. The van der Waals surface area contributed by atoms with Gasteiger partial charge in [0.05, 0.1) is 5.02 Å². The minimum absolute atomic E-state index is 0.0389. The predicted molar refractivity (Wildman–Crippen MR) is 110 cm³/mol. The Morgan fingerprint density at radius 3 is 2.48 bits per heavy atom. The molecule has 2 aromatic carbocycles. The van der Waals surface area contributed by atoms with Gasteiger partial charge in [0.1, 0.15) is 11.8 Å². The molecule has 10 heteroatoms. The van der Waals surface area contributed by atoms with Crippen LogP contribution in [0, 0.1) is 0 Å². The van der Waals surface area contributed by atoms with Gasteiger partial charge >= 0.3 is 16.1 Å². The molecule has 1 heterocycles. The third kappa shape index (κ3) is 5.62. The number of aryl methyl sites for hydroxylation is 1. The number of imide groups is 1. The second-order valence-corrected chi connectivity index (χ2v) is 8.97. The van der Waals surface area contributed by atoms with Crippen LogP contribution in [0.15, 0.2) is 48.5 Å². The smallest absolute Gasteiger partial charge is 0.324 e. The highest BCUT2D eigenvalue weighted by molar-refractivity contribution is 7.87. The summed E-state index contributed by atoms with van der Waals surface area (Å²) >= 11 is 11.7. The highest BCUT2D eigenvalue weighted by Crippen LogP contribution is 2.28. The average molecular weight is 457 g/mol. The second kappa shape index (κ2) is 9.02. The van der Waals surface area contributed by atoms with E-state index in [1.165, 1.54) is 18.2 Å². The van der Waals surface area contributed by atoms with Gasteiger partial charge in [-0.1, -0.05) is 53.5 Å². The number of nitrogens with zero attached hydrogens (tertiary/aromatic N) is 1. The maximum absolute atomic E-state index is 12.5. The molecule has 1 fully saturated rings. The molecule has 7 nitrogen and oxygen atoms in total. The van der Waals surface area contributed by atoms with Gasteiger partial charge in [0.25, 0.3) is 5.91 Å². The van der Waals surface area contributed by atoms with Gasteiger partial charge in [-0.2, -0.15) is 8.42 Å². The van der Waals surface area contributed by atoms with Crippen LogP contribution in [0.5, 0.6) is 5.75 Å². The van der Waals surface area contributed by atoms with Crippen molar-refractivity contribution in [3.8, 4) is 5.75 Å². The Balaban J connectivity index is 1.56. The lowest BCUT2D eigenvalue weighted by molar-refractivity contribution is -0.127. The lowest BCUT2D eigenvalue weighted by atomic mass is 10.1. The Labute approximate surface area is 178 Å². The van der Waals surface area contributed by atoms with E-state index in [2.05, 4.69) is 5.32 Å².